The molecule has 0 aliphatic heterocycles. The molecule has 0 bridgehead atoms. The fourth-order valence-electron chi connectivity index (χ4n) is 1.79. The highest BCUT2D eigenvalue weighted by Gasteiger charge is 2.17. The number of H-pyrrole nitrogens is 1. The summed E-state index contributed by atoms with van der Waals surface area (Å²) in [5.41, 5.74) is 0.893. The molecule has 19 heavy (non-hydrogen) atoms. The Morgan fingerprint density at radius 2 is 2.26 bits per heavy atom. The Bertz CT molecular complexity index is 540. The van der Waals surface area contributed by atoms with Crippen LogP contribution >= 0.6 is 23.2 Å². The fraction of sp³-hybridized carbons (Fsp3) is 0.214. The highest BCUT2D eigenvalue weighted by atomic mass is 35.5. The molecule has 0 saturated carbocycles. The maximum atomic E-state index is 6.22. The molecule has 0 spiro atoms. The third-order valence-corrected chi connectivity index (χ3v) is 3.22. The zero-order valence-corrected chi connectivity index (χ0v) is 11.8. The van der Waals surface area contributed by atoms with Gasteiger partial charge in [-0.25, -0.2) is 4.98 Å². The summed E-state index contributed by atoms with van der Waals surface area (Å²) in [5.74, 6) is 0.847. The van der Waals surface area contributed by atoms with Gasteiger partial charge in [0.15, 0.2) is 0 Å². The fourth-order valence-corrected chi connectivity index (χ4v) is 2.32. The maximum absolute atomic E-state index is 6.22. The van der Waals surface area contributed by atoms with Gasteiger partial charge in [-0.3, -0.25) is 0 Å². The molecular weight excluding hydrogens is 283 g/mol. The number of hydrogen-bond donors (Lipinski definition) is 1. The Labute approximate surface area is 122 Å². The van der Waals surface area contributed by atoms with Crippen molar-refractivity contribution < 1.29 is 4.74 Å². The lowest BCUT2D eigenvalue weighted by Crippen LogP contribution is -2.09. The van der Waals surface area contributed by atoms with Crippen LogP contribution in [0.15, 0.2) is 43.2 Å². The van der Waals surface area contributed by atoms with Crippen molar-refractivity contribution in [1.82, 2.24) is 9.97 Å². The standard InChI is InChI=1S/C14H14Cl2N2O/c1-2-7-19-13(9-14-17-5-6-18-14)11-4-3-10(15)8-12(11)16/h2-6,8,13H,1,7,9H2,(H,17,18). The van der Waals surface area contributed by atoms with Crippen LogP contribution in [-0.4, -0.2) is 16.6 Å². The number of aromatic nitrogens is 2. The summed E-state index contributed by atoms with van der Waals surface area (Å²) in [4.78, 5) is 7.26. The molecule has 0 amide bonds. The van der Waals surface area contributed by atoms with Crippen molar-refractivity contribution in [1.29, 1.82) is 0 Å². The number of hydrogen-bond acceptors (Lipinski definition) is 2. The Hall–Kier alpha value is -1.29. The first-order chi connectivity index (χ1) is 9.20. The monoisotopic (exact) mass is 296 g/mol. The van der Waals surface area contributed by atoms with Crippen molar-refractivity contribution in [3.8, 4) is 0 Å². The molecule has 0 aliphatic rings. The van der Waals surface area contributed by atoms with Crippen LogP contribution in [0.3, 0.4) is 0 Å². The summed E-state index contributed by atoms with van der Waals surface area (Å²) in [5, 5.41) is 1.20. The number of halogens is 2. The van der Waals surface area contributed by atoms with E-state index < -0.39 is 0 Å². The zero-order valence-electron chi connectivity index (χ0n) is 10.3. The first-order valence-electron chi connectivity index (χ1n) is 5.86. The summed E-state index contributed by atoms with van der Waals surface area (Å²) in [6, 6.07) is 5.39. The van der Waals surface area contributed by atoms with Gasteiger partial charge < -0.3 is 9.72 Å². The minimum absolute atomic E-state index is 0.186. The second kappa shape index (κ2) is 6.75. The first-order valence-corrected chi connectivity index (χ1v) is 6.62. The Kier molecular flexibility index (Phi) is 5.02. The Morgan fingerprint density at radius 3 is 2.89 bits per heavy atom. The molecule has 2 aromatic rings. The molecule has 1 N–H and O–H groups in total. The van der Waals surface area contributed by atoms with Crippen molar-refractivity contribution in [3.05, 3.63) is 64.7 Å². The molecule has 5 heteroatoms. The van der Waals surface area contributed by atoms with E-state index in [0.29, 0.717) is 23.1 Å². The molecule has 100 valence electrons. The molecule has 0 fully saturated rings. The molecule has 2 rings (SSSR count). The van der Waals surface area contributed by atoms with Gasteiger partial charge >= 0.3 is 0 Å². The minimum atomic E-state index is -0.186. The van der Waals surface area contributed by atoms with Crippen LogP contribution in [0, 0.1) is 0 Å². The number of rotatable bonds is 6. The lowest BCUT2D eigenvalue weighted by molar-refractivity contribution is 0.0732. The van der Waals surface area contributed by atoms with Crippen molar-refractivity contribution in [3.63, 3.8) is 0 Å². The van der Waals surface area contributed by atoms with Gasteiger partial charge in [0.1, 0.15) is 5.82 Å². The van der Waals surface area contributed by atoms with Crippen LogP contribution in [0.1, 0.15) is 17.5 Å². The van der Waals surface area contributed by atoms with Crippen molar-refractivity contribution in [2.75, 3.05) is 6.61 Å². The lowest BCUT2D eigenvalue weighted by Gasteiger charge is -2.18. The maximum Gasteiger partial charge on any atom is 0.108 e. The highest BCUT2D eigenvalue weighted by Crippen LogP contribution is 2.30. The second-order valence-electron chi connectivity index (χ2n) is 4.02. The average Bonchev–Trinajstić information content (AvgIpc) is 2.88. The van der Waals surface area contributed by atoms with E-state index in [1.807, 2.05) is 6.07 Å². The molecular formula is C14H14Cl2N2O. The number of nitrogens with one attached hydrogen (secondary N) is 1. The summed E-state index contributed by atoms with van der Waals surface area (Å²) >= 11 is 12.1. The van der Waals surface area contributed by atoms with Crippen LogP contribution in [0.25, 0.3) is 0 Å². The van der Waals surface area contributed by atoms with Crippen LogP contribution in [0.5, 0.6) is 0 Å². The smallest absolute Gasteiger partial charge is 0.108 e. The van der Waals surface area contributed by atoms with Crippen LogP contribution in [0.4, 0.5) is 0 Å². The van der Waals surface area contributed by atoms with E-state index in [1.54, 1.807) is 30.6 Å². The predicted molar refractivity (Wildman–Crippen MR) is 77.6 cm³/mol. The van der Waals surface area contributed by atoms with Gasteiger partial charge in [-0.15, -0.1) is 6.58 Å². The van der Waals surface area contributed by atoms with Crippen molar-refractivity contribution in [2.45, 2.75) is 12.5 Å². The quantitative estimate of drug-likeness (QED) is 0.811. The number of nitrogens with zero attached hydrogens (tertiary/aromatic N) is 1. The minimum Gasteiger partial charge on any atom is -0.369 e. The summed E-state index contributed by atoms with van der Waals surface area (Å²) in [6.07, 6.45) is 5.63. The van der Waals surface area contributed by atoms with Crippen LogP contribution < -0.4 is 0 Å². The second-order valence-corrected chi connectivity index (χ2v) is 4.86. The van der Waals surface area contributed by atoms with Crippen molar-refractivity contribution >= 4 is 23.2 Å². The van der Waals surface area contributed by atoms with E-state index in [0.717, 1.165) is 11.4 Å². The molecule has 1 unspecified atom stereocenters. The van der Waals surface area contributed by atoms with Gasteiger partial charge in [0, 0.05) is 28.9 Å². The largest absolute Gasteiger partial charge is 0.369 e. The van der Waals surface area contributed by atoms with Crippen molar-refractivity contribution in [2.24, 2.45) is 0 Å². The topological polar surface area (TPSA) is 37.9 Å². The summed E-state index contributed by atoms with van der Waals surface area (Å²) < 4.78 is 5.77. The SMILES string of the molecule is C=CCOC(Cc1ncc[nH]1)c1ccc(Cl)cc1Cl. The number of imidazole rings is 1. The first kappa shape index (κ1) is 14.1. The van der Waals surface area contributed by atoms with Gasteiger partial charge in [0.2, 0.25) is 0 Å². The van der Waals surface area contributed by atoms with Crippen LogP contribution in [0.2, 0.25) is 10.0 Å². The van der Waals surface area contributed by atoms with Crippen LogP contribution in [-0.2, 0) is 11.2 Å². The van der Waals surface area contributed by atoms with E-state index in [4.69, 9.17) is 27.9 Å². The normalized spacial score (nSPS) is 12.3. The van der Waals surface area contributed by atoms with Gasteiger partial charge in [-0.05, 0) is 17.7 Å². The Balaban J connectivity index is 2.22. The molecule has 3 nitrogen and oxygen atoms in total. The molecule has 1 atom stereocenters. The molecule has 1 aromatic carbocycles. The number of ether oxygens (including phenoxy) is 1. The van der Waals surface area contributed by atoms with E-state index in [-0.39, 0.29) is 6.10 Å². The molecule has 1 aromatic heterocycles. The average molecular weight is 297 g/mol. The highest BCUT2D eigenvalue weighted by molar-refractivity contribution is 6.35. The van der Waals surface area contributed by atoms with Gasteiger partial charge in [0.05, 0.1) is 12.7 Å². The van der Waals surface area contributed by atoms with E-state index in [1.165, 1.54) is 0 Å². The summed E-state index contributed by atoms with van der Waals surface area (Å²) in [7, 11) is 0. The molecule has 0 saturated heterocycles. The number of benzene rings is 1. The van der Waals surface area contributed by atoms with Gasteiger partial charge in [-0.2, -0.15) is 0 Å². The van der Waals surface area contributed by atoms with E-state index >= 15 is 0 Å². The van der Waals surface area contributed by atoms with Gasteiger partial charge in [-0.1, -0.05) is 35.3 Å². The predicted octanol–water partition coefficient (Wildman–Crippen LogP) is 4.20. The molecule has 0 radical (unpaired) electrons. The lowest BCUT2D eigenvalue weighted by atomic mass is 10.1. The summed E-state index contributed by atoms with van der Waals surface area (Å²) in [6.45, 7) is 4.11. The van der Waals surface area contributed by atoms with E-state index in [9.17, 15) is 0 Å². The van der Waals surface area contributed by atoms with E-state index in [2.05, 4.69) is 16.5 Å². The zero-order chi connectivity index (χ0) is 13.7. The molecule has 1 heterocycles. The molecule has 0 aliphatic carbocycles. The number of aromatic amines is 1. The van der Waals surface area contributed by atoms with Gasteiger partial charge in [0.25, 0.3) is 0 Å². The third kappa shape index (κ3) is 3.83. The third-order valence-electron chi connectivity index (χ3n) is 2.66. The Morgan fingerprint density at radius 1 is 1.42 bits per heavy atom.